The van der Waals surface area contributed by atoms with Gasteiger partial charge in [0, 0.05) is 23.9 Å². The number of hydrogen-bond donors (Lipinski definition) is 2. The Bertz CT molecular complexity index is 848. The lowest BCUT2D eigenvalue weighted by atomic mass is 9.67. The van der Waals surface area contributed by atoms with Crippen LogP contribution in [0.1, 0.15) is 38.5 Å². The number of aromatic nitrogens is 2. The third kappa shape index (κ3) is 3.38. The largest absolute Gasteiger partial charge is 0.353 e. The molecule has 1 aromatic heterocycles. The van der Waals surface area contributed by atoms with E-state index in [4.69, 9.17) is 5.73 Å². The van der Waals surface area contributed by atoms with Crippen LogP contribution in [0.4, 0.5) is 0 Å². The number of fused-ring (bicyclic) bond motifs is 3. The SMILES string of the molecule is NC1CC2CCCC(C1)C2NC(=O)CCn1ncc(=O)c2ccccc21. The second kappa shape index (κ2) is 7.19. The van der Waals surface area contributed by atoms with Crippen LogP contribution in [0, 0.1) is 11.8 Å². The molecule has 2 unspecified atom stereocenters. The number of carbonyl (C=O) groups excluding carboxylic acids is 1. The van der Waals surface area contributed by atoms with Crippen molar-refractivity contribution >= 4 is 16.8 Å². The summed E-state index contributed by atoms with van der Waals surface area (Å²) in [6.45, 7) is 0.466. The highest BCUT2D eigenvalue weighted by atomic mass is 16.1. The number of para-hydroxylation sites is 1. The first-order valence-corrected chi connectivity index (χ1v) is 9.61. The first-order valence-electron chi connectivity index (χ1n) is 9.61. The summed E-state index contributed by atoms with van der Waals surface area (Å²) in [6.07, 6.45) is 7.32. The first kappa shape index (κ1) is 17.2. The highest BCUT2D eigenvalue weighted by Gasteiger charge is 2.39. The number of nitrogens with zero attached hydrogens (tertiary/aromatic N) is 2. The van der Waals surface area contributed by atoms with Gasteiger partial charge < -0.3 is 11.1 Å². The minimum Gasteiger partial charge on any atom is -0.353 e. The number of aryl methyl sites for hydroxylation is 1. The molecule has 6 nitrogen and oxygen atoms in total. The minimum absolute atomic E-state index is 0.0620. The highest BCUT2D eigenvalue weighted by Crippen LogP contribution is 2.39. The maximum atomic E-state index is 12.6. The van der Waals surface area contributed by atoms with Crippen molar-refractivity contribution in [3.05, 3.63) is 40.7 Å². The Labute approximate surface area is 152 Å². The molecule has 1 heterocycles. The Hall–Kier alpha value is -2.21. The summed E-state index contributed by atoms with van der Waals surface area (Å²) in [5, 5.41) is 8.11. The Morgan fingerprint density at radius 1 is 1.23 bits per heavy atom. The second-order valence-corrected chi connectivity index (χ2v) is 7.77. The van der Waals surface area contributed by atoms with Gasteiger partial charge in [0.25, 0.3) is 0 Å². The van der Waals surface area contributed by atoms with Crippen LogP contribution >= 0.6 is 0 Å². The molecule has 2 fully saturated rings. The lowest BCUT2D eigenvalue weighted by molar-refractivity contribution is -0.123. The van der Waals surface area contributed by atoms with E-state index >= 15 is 0 Å². The molecule has 0 spiro atoms. The molecule has 2 atom stereocenters. The van der Waals surface area contributed by atoms with Crippen LogP contribution < -0.4 is 16.5 Å². The van der Waals surface area contributed by atoms with Gasteiger partial charge in [-0.2, -0.15) is 5.10 Å². The second-order valence-electron chi connectivity index (χ2n) is 7.77. The maximum Gasteiger partial charge on any atom is 0.222 e. The van der Waals surface area contributed by atoms with Crippen LogP contribution in [0.5, 0.6) is 0 Å². The minimum atomic E-state index is -0.0901. The number of rotatable bonds is 4. The van der Waals surface area contributed by atoms with Crippen molar-refractivity contribution in [2.75, 3.05) is 0 Å². The van der Waals surface area contributed by atoms with Crippen LogP contribution in [-0.2, 0) is 11.3 Å². The van der Waals surface area contributed by atoms with Crippen molar-refractivity contribution in [1.82, 2.24) is 15.1 Å². The molecule has 2 saturated carbocycles. The summed E-state index contributed by atoms with van der Waals surface area (Å²) in [5.74, 6) is 1.10. The van der Waals surface area contributed by atoms with Crippen molar-refractivity contribution in [2.24, 2.45) is 17.6 Å². The molecule has 0 aliphatic heterocycles. The molecule has 0 saturated heterocycles. The van der Waals surface area contributed by atoms with E-state index in [0.717, 1.165) is 18.4 Å². The first-order chi connectivity index (χ1) is 12.6. The fraction of sp³-hybridized carbons (Fsp3) is 0.550. The van der Waals surface area contributed by atoms with Gasteiger partial charge in [0.2, 0.25) is 11.3 Å². The molecule has 2 aliphatic carbocycles. The molecule has 0 radical (unpaired) electrons. The van der Waals surface area contributed by atoms with E-state index in [1.54, 1.807) is 10.7 Å². The monoisotopic (exact) mass is 354 g/mol. The molecule has 2 aliphatic rings. The lowest BCUT2D eigenvalue weighted by Gasteiger charge is -2.45. The number of nitrogens with one attached hydrogen (secondary N) is 1. The van der Waals surface area contributed by atoms with Crippen LogP contribution in [0.25, 0.3) is 10.9 Å². The maximum absolute atomic E-state index is 12.6. The fourth-order valence-electron chi connectivity index (χ4n) is 4.83. The van der Waals surface area contributed by atoms with Gasteiger partial charge >= 0.3 is 0 Å². The van der Waals surface area contributed by atoms with Crippen molar-refractivity contribution in [2.45, 2.75) is 57.2 Å². The van der Waals surface area contributed by atoms with Gasteiger partial charge in [-0.15, -0.1) is 0 Å². The van der Waals surface area contributed by atoms with Gasteiger partial charge in [0.15, 0.2) is 0 Å². The van der Waals surface area contributed by atoms with Gasteiger partial charge in [-0.25, -0.2) is 0 Å². The summed E-state index contributed by atoms with van der Waals surface area (Å²) in [6, 6.07) is 7.95. The third-order valence-electron chi connectivity index (χ3n) is 6.02. The molecule has 1 aromatic carbocycles. The summed E-state index contributed by atoms with van der Waals surface area (Å²) >= 11 is 0. The van der Waals surface area contributed by atoms with Crippen LogP contribution in [0.2, 0.25) is 0 Å². The normalized spacial score (nSPS) is 28.0. The van der Waals surface area contributed by atoms with E-state index in [2.05, 4.69) is 10.4 Å². The molecular formula is C20H26N4O2. The van der Waals surface area contributed by atoms with Gasteiger partial charge in [0.05, 0.1) is 18.3 Å². The zero-order valence-electron chi connectivity index (χ0n) is 14.9. The van der Waals surface area contributed by atoms with Crippen molar-refractivity contribution in [3.8, 4) is 0 Å². The van der Waals surface area contributed by atoms with Gasteiger partial charge in [-0.05, 0) is 49.7 Å². The van der Waals surface area contributed by atoms with E-state index in [0.29, 0.717) is 30.2 Å². The van der Waals surface area contributed by atoms with E-state index in [-0.39, 0.29) is 23.4 Å². The molecule has 3 N–H and O–H groups in total. The average molecular weight is 354 g/mol. The quantitative estimate of drug-likeness (QED) is 0.876. The molecule has 4 rings (SSSR count). The van der Waals surface area contributed by atoms with Crippen LogP contribution in [-0.4, -0.2) is 27.8 Å². The fourth-order valence-corrected chi connectivity index (χ4v) is 4.83. The predicted molar refractivity (Wildman–Crippen MR) is 101 cm³/mol. The highest BCUT2D eigenvalue weighted by molar-refractivity contribution is 5.79. The molecule has 6 heteroatoms. The smallest absolute Gasteiger partial charge is 0.222 e. The molecule has 2 aromatic rings. The Morgan fingerprint density at radius 2 is 1.96 bits per heavy atom. The Kier molecular flexibility index (Phi) is 4.76. The summed E-state index contributed by atoms with van der Waals surface area (Å²) < 4.78 is 1.74. The lowest BCUT2D eigenvalue weighted by Crippen LogP contribution is -2.53. The van der Waals surface area contributed by atoms with E-state index in [1.165, 1.54) is 25.5 Å². The Morgan fingerprint density at radius 3 is 2.73 bits per heavy atom. The van der Waals surface area contributed by atoms with E-state index in [9.17, 15) is 9.59 Å². The van der Waals surface area contributed by atoms with E-state index in [1.807, 2.05) is 18.2 Å². The summed E-state index contributed by atoms with van der Waals surface area (Å²) in [4.78, 5) is 24.5. The van der Waals surface area contributed by atoms with Crippen LogP contribution in [0.3, 0.4) is 0 Å². The molecule has 1 amide bonds. The van der Waals surface area contributed by atoms with Crippen molar-refractivity contribution in [1.29, 1.82) is 0 Å². The molecular weight excluding hydrogens is 328 g/mol. The number of nitrogens with two attached hydrogens (primary N) is 1. The standard InChI is InChI=1S/C20H26N4O2/c21-15-10-13-4-3-5-14(11-15)20(13)23-19(26)8-9-24-17-7-2-1-6-16(17)18(25)12-22-24/h1-2,6-7,12-15,20H,3-5,8-11,21H2,(H,23,26). The van der Waals surface area contributed by atoms with Crippen LogP contribution in [0.15, 0.2) is 35.3 Å². The van der Waals surface area contributed by atoms with Crippen molar-refractivity contribution in [3.63, 3.8) is 0 Å². The zero-order valence-corrected chi connectivity index (χ0v) is 14.9. The summed E-state index contributed by atoms with van der Waals surface area (Å²) in [7, 11) is 0. The van der Waals surface area contributed by atoms with Gasteiger partial charge in [-0.1, -0.05) is 18.6 Å². The topological polar surface area (TPSA) is 90.0 Å². The average Bonchev–Trinajstić information content (AvgIpc) is 2.62. The Balaban J connectivity index is 1.42. The van der Waals surface area contributed by atoms with E-state index < -0.39 is 0 Å². The van der Waals surface area contributed by atoms with Gasteiger partial charge in [-0.3, -0.25) is 14.3 Å². The zero-order chi connectivity index (χ0) is 18.1. The van der Waals surface area contributed by atoms with Gasteiger partial charge in [0.1, 0.15) is 0 Å². The predicted octanol–water partition coefficient (Wildman–Crippen LogP) is 1.81. The number of benzene rings is 1. The van der Waals surface area contributed by atoms with Crippen molar-refractivity contribution < 1.29 is 4.79 Å². The molecule has 138 valence electrons. The number of hydrogen-bond acceptors (Lipinski definition) is 4. The third-order valence-corrected chi connectivity index (χ3v) is 6.02. The number of amides is 1. The molecule has 26 heavy (non-hydrogen) atoms. The number of carbonyl (C=O) groups is 1. The summed E-state index contributed by atoms with van der Waals surface area (Å²) in [5.41, 5.74) is 6.85. The molecule has 2 bridgehead atoms.